The van der Waals surface area contributed by atoms with Gasteiger partial charge in [-0.15, -0.1) is 0 Å². The Morgan fingerprint density at radius 2 is 1.79 bits per heavy atom. The fourth-order valence-corrected chi connectivity index (χ4v) is 5.35. The van der Waals surface area contributed by atoms with Crippen molar-refractivity contribution >= 4 is 27.5 Å². The number of hydrogen-bond acceptors (Lipinski definition) is 3. The van der Waals surface area contributed by atoms with Crippen LogP contribution in [0.3, 0.4) is 0 Å². The van der Waals surface area contributed by atoms with Gasteiger partial charge in [-0.3, -0.25) is 4.79 Å². The minimum Gasteiger partial charge on any atom is -0.351 e. The van der Waals surface area contributed by atoms with Gasteiger partial charge in [0.05, 0.1) is 5.02 Å². The lowest BCUT2D eigenvalue weighted by Crippen LogP contribution is -2.36. The van der Waals surface area contributed by atoms with Crippen LogP contribution < -0.4 is 5.32 Å². The lowest BCUT2D eigenvalue weighted by molar-refractivity contribution is 0.0951. The zero-order valence-corrected chi connectivity index (χ0v) is 17.5. The topological polar surface area (TPSA) is 66.5 Å². The molecule has 0 spiro atoms. The van der Waals surface area contributed by atoms with Gasteiger partial charge in [0.2, 0.25) is 10.0 Å². The first-order valence-electron chi connectivity index (χ1n) is 9.52. The van der Waals surface area contributed by atoms with Gasteiger partial charge in [0.1, 0.15) is 4.90 Å². The Morgan fingerprint density at radius 1 is 1.11 bits per heavy atom. The van der Waals surface area contributed by atoms with E-state index in [0.717, 1.165) is 24.8 Å². The van der Waals surface area contributed by atoms with Gasteiger partial charge in [0.25, 0.3) is 5.91 Å². The van der Waals surface area contributed by atoms with Crippen molar-refractivity contribution in [3.8, 4) is 0 Å². The van der Waals surface area contributed by atoms with Crippen LogP contribution in [0.5, 0.6) is 0 Å². The van der Waals surface area contributed by atoms with E-state index in [-0.39, 0.29) is 21.7 Å². The molecule has 0 bridgehead atoms. The molecule has 5 nitrogen and oxygen atoms in total. The van der Waals surface area contributed by atoms with Crippen molar-refractivity contribution in [3.05, 3.63) is 64.7 Å². The summed E-state index contributed by atoms with van der Waals surface area (Å²) in [7, 11) is -3.70. The number of benzene rings is 2. The lowest BCUT2D eigenvalue weighted by atomic mass is 10.0. The largest absolute Gasteiger partial charge is 0.351 e. The number of hydrogen-bond donors (Lipinski definition) is 1. The number of nitrogens with one attached hydrogen (secondary N) is 1. The molecule has 150 valence electrons. The van der Waals surface area contributed by atoms with Crippen LogP contribution in [-0.2, 0) is 10.0 Å². The quantitative estimate of drug-likeness (QED) is 0.766. The van der Waals surface area contributed by atoms with Gasteiger partial charge in [-0.2, -0.15) is 4.31 Å². The molecule has 0 aliphatic carbocycles. The molecule has 0 radical (unpaired) electrons. The van der Waals surface area contributed by atoms with Crippen LogP contribution in [0, 0.1) is 0 Å². The molecule has 28 heavy (non-hydrogen) atoms. The fraction of sp³-hybridized carbons (Fsp3) is 0.381. The highest BCUT2D eigenvalue weighted by Crippen LogP contribution is 2.28. The smallest absolute Gasteiger partial charge is 0.251 e. The normalized spacial score (nSPS) is 16.5. The molecule has 1 aliphatic heterocycles. The van der Waals surface area contributed by atoms with Crippen LogP contribution in [0.1, 0.15) is 48.0 Å². The number of rotatable bonds is 6. The van der Waals surface area contributed by atoms with E-state index in [1.807, 2.05) is 37.3 Å². The molecule has 1 unspecified atom stereocenters. The van der Waals surface area contributed by atoms with Crippen LogP contribution in [0.15, 0.2) is 53.4 Å². The van der Waals surface area contributed by atoms with Crippen molar-refractivity contribution in [1.29, 1.82) is 0 Å². The minimum atomic E-state index is -3.70. The summed E-state index contributed by atoms with van der Waals surface area (Å²) in [6, 6.07) is 14.3. The summed E-state index contributed by atoms with van der Waals surface area (Å²) >= 11 is 6.17. The molecular weight excluding hydrogens is 396 g/mol. The second-order valence-electron chi connectivity index (χ2n) is 7.13. The Kier molecular flexibility index (Phi) is 6.75. The summed E-state index contributed by atoms with van der Waals surface area (Å²) in [5.41, 5.74) is 1.42. The molecule has 1 N–H and O–H groups in total. The number of sulfonamides is 1. The monoisotopic (exact) mass is 420 g/mol. The number of carbonyl (C=O) groups is 1. The zero-order chi connectivity index (χ0) is 20.1. The first kappa shape index (κ1) is 20.8. The Labute approximate surface area is 171 Å². The van der Waals surface area contributed by atoms with Gasteiger partial charge < -0.3 is 5.32 Å². The van der Waals surface area contributed by atoms with E-state index >= 15 is 0 Å². The molecule has 1 amide bonds. The van der Waals surface area contributed by atoms with E-state index in [2.05, 4.69) is 5.32 Å². The number of nitrogens with zero attached hydrogens (tertiary/aromatic N) is 1. The van der Waals surface area contributed by atoms with Gasteiger partial charge in [-0.05, 0) is 42.5 Å². The Bertz CT molecular complexity index is 926. The molecule has 1 saturated heterocycles. The maximum atomic E-state index is 12.9. The Hall–Kier alpha value is -1.89. The number of amides is 1. The average Bonchev–Trinajstić information content (AvgIpc) is 2.73. The molecule has 7 heteroatoms. The molecule has 0 saturated carbocycles. The fourth-order valence-electron chi connectivity index (χ4n) is 3.33. The predicted octanol–water partition coefficient (Wildman–Crippen LogP) is 4.05. The Balaban J connectivity index is 1.74. The van der Waals surface area contributed by atoms with Crippen molar-refractivity contribution in [3.63, 3.8) is 0 Å². The second kappa shape index (κ2) is 9.07. The van der Waals surface area contributed by atoms with E-state index < -0.39 is 10.0 Å². The third-order valence-electron chi connectivity index (χ3n) is 5.06. The molecule has 1 fully saturated rings. The van der Waals surface area contributed by atoms with E-state index in [4.69, 9.17) is 11.6 Å². The molecule has 1 heterocycles. The average molecular weight is 421 g/mol. The van der Waals surface area contributed by atoms with Crippen molar-refractivity contribution in [1.82, 2.24) is 9.62 Å². The van der Waals surface area contributed by atoms with Gasteiger partial charge in [-0.1, -0.05) is 55.3 Å². The Morgan fingerprint density at radius 3 is 2.46 bits per heavy atom. The highest BCUT2D eigenvalue weighted by Gasteiger charge is 2.28. The summed E-state index contributed by atoms with van der Waals surface area (Å²) in [6.07, 6.45) is 2.71. The van der Waals surface area contributed by atoms with Gasteiger partial charge >= 0.3 is 0 Å². The predicted molar refractivity (Wildman–Crippen MR) is 111 cm³/mol. The van der Waals surface area contributed by atoms with E-state index in [0.29, 0.717) is 25.2 Å². The second-order valence-corrected chi connectivity index (χ2v) is 9.45. The maximum absolute atomic E-state index is 12.9. The first-order valence-corrected chi connectivity index (χ1v) is 11.3. The lowest BCUT2D eigenvalue weighted by Gasteiger charge is -2.26. The number of carbonyl (C=O) groups excluding carboxylic acids is 1. The third-order valence-corrected chi connectivity index (χ3v) is 7.44. The summed E-state index contributed by atoms with van der Waals surface area (Å²) in [4.78, 5) is 12.6. The number of piperidine rings is 1. The molecule has 2 aromatic carbocycles. The van der Waals surface area contributed by atoms with E-state index in [1.165, 1.54) is 16.4 Å². The number of halogens is 1. The zero-order valence-electron chi connectivity index (χ0n) is 15.9. The summed E-state index contributed by atoms with van der Waals surface area (Å²) in [5.74, 6) is -0.163. The minimum absolute atomic E-state index is 0.000162. The summed E-state index contributed by atoms with van der Waals surface area (Å²) in [6.45, 7) is 3.47. The van der Waals surface area contributed by atoms with Crippen molar-refractivity contribution in [2.45, 2.75) is 37.0 Å². The van der Waals surface area contributed by atoms with E-state index in [9.17, 15) is 13.2 Å². The van der Waals surface area contributed by atoms with Crippen LogP contribution >= 0.6 is 11.6 Å². The molecule has 0 aromatic heterocycles. The van der Waals surface area contributed by atoms with Crippen LogP contribution in [0.2, 0.25) is 5.02 Å². The van der Waals surface area contributed by atoms with Crippen LogP contribution in [-0.4, -0.2) is 38.3 Å². The molecule has 1 atom stereocenters. The van der Waals surface area contributed by atoms with Gasteiger partial charge in [0.15, 0.2) is 0 Å². The molecule has 3 rings (SSSR count). The highest BCUT2D eigenvalue weighted by molar-refractivity contribution is 7.89. The summed E-state index contributed by atoms with van der Waals surface area (Å²) < 4.78 is 27.3. The van der Waals surface area contributed by atoms with Crippen molar-refractivity contribution < 1.29 is 13.2 Å². The molecule has 1 aliphatic rings. The molecular formula is C21H25ClN2O3S. The third kappa shape index (κ3) is 4.74. The van der Waals surface area contributed by atoms with Crippen LogP contribution in [0.25, 0.3) is 0 Å². The summed E-state index contributed by atoms with van der Waals surface area (Å²) in [5, 5.41) is 3.02. The SMILES string of the molecule is CC(CNC(=O)c1ccc(Cl)c(S(=O)(=O)N2CCCCC2)c1)c1ccccc1. The highest BCUT2D eigenvalue weighted by atomic mass is 35.5. The van der Waals surface area contributed by atoms with Crippen LogP contribution in [0.4, 0.5) is 0 Å². The maximum Gasteiger partial charge on any atom is 0.251 e. The van der Waals surface area contributed by atoms with Gasteiger partial charge in [-0.25, -0.2) is 8.42 Å². The first-order chi connectivity index (χ1) is 13.4. The standard InChI is InChI=1S/C21H25ClN2O3S/c1-16(17-8-4-2-5-9-17)15-23-21(25)18-10-11-19(22)20(14-18)28(26,27)24-12-6-3-7-13-24/h2,4-5,8-11,14,16H,3,6-7,12-13,15H2,1H3,(H,23,25). The molecule has 2 aromatic rings. The van der Waals surface area contributed by atoms with Crippen molar-refractivity contribution in [2.75, 3.05) is 19.6 Å². The van der Waals surface area contributed by atoms with Gasteiger partial charge in [0, 0.05) is 25.2 Å². The van der Waals surface area contributed by atoms with Crippen molar-refractivity contribution in [2.24, 2.45) is 0 Å². The van der Waals surface area contributed by atoms with E-state index in [1.54, 1.807) is 6.07 Å².